The summed E-state index contributed by atoms with van der Waals surface area (Å²) < 4.78 is 15.7. The highest BCUT2D eigenvalue weighted by molar-refractivity contribution is 7.14. The summed E-state index contributed by atoms with van der Waals surface area (Å²) in [5.41, 5.74) is -0.908. The van der Waals surface area contributed by atoms with E-state index in [0.717, 1.165) is 16.9 Å². The summed E-state index contributed by atoms with van der Waals surface area (Å²) in [4.78, 5) is 46.1. The van der Waals surface area contributed by atoms with E-state index in [1.807, 2.05) is 20.8 Å². The number of nitrogens with one attached hydrogen (secondary N) is 1. The number of methoxy groups -OCH3 is 1. The number of aliphatic carboxylic acids is 1. The highest BCUT2D eigenvalue weighted by Crippen LogP contribution is 2.24. The fourth-order valence-electron chi connectivity index (χ4n) is 2.83. The molecule has 0 saturated carbocycles. The van der Waals surface area contributed by atoms with E-state index in [1.54, 1.807) is 52.1 Å². The molecule has 0 aliphatic carbocycles. The van der Waals surface area contributed by atoms with E-state index in [9.17, 15) is 19.5 Å². The zero-order chi connectivity index (χ0) is 27.8. The van der Waals surface area contributed by atoms with E-state index in [0.29, 0.717) is 5.75 Å². The highest BCUT2D eigenvalue weighted by atomic mass is 32.1. The molecular formula is C25H33N3O8S. The number of carboxylic acid groups (broad SMARTS) is 1. The first-order valence-electron chi connectivity index (χ1n) is 11.4. The number of amides is 1. The van der Waals surface area contributed by atoms with Crippen molar-refractivity contribution in [3.63, 3.8) is 0 Å². The molecule has 1 atom stereocenters. The Morgan fingerprint density at radius 2 is 1.76 bits per heavy atom. The van der Waals surface area contributed by atoms with Crippen LogP contribution in [0, 0.1) is 5.41 Å². The lowest BCUT2D eigenvalue weighted by Gasteiger charge is -2.23. The van der Waals surface area contributed by atoms with Crippen molar-refractivity contribution in [2.75, 3.05) is 12.4 Å². The first-order chi connectivity index (χ1) is 17.2. The van der Waals surface area contributed by atoms with Gasteiger partial charge in [-0.2, -0.15) is 0 Å². The van der Waals surface area contributed by atoms with Crippen molar-refractivity contribution >= 4 is 40.2 Å². The van der Waals surface area contributed by atoms with Gasteiger partial charge in [-0.05, 0) is 43.9 Å². The van der Waals surface area contributed by atoms with Crippen molar-refractivity contribution < 1.29 is 38.5 Å². The molecule has 1 amide bonds. The van der Waals surface area contributed by atoms with Gasteiger partial charge in [-0.3, -0.25) is 5.32 Å². The van der Waals surface area contributed by atoms with Crippen LogP contribution in [-0.2, 0) is 30.5 Å². The van der Waals surface area contributed by atoms with Gasteiger partial charge < -0.3 is 24.2 Å². The van der Waals surface area contributed by atoms with E-state index in [1.165, 1.54) is 5.38 Å². The molecule has 12 heteroatoms. The molecule has 2 N–H and O–H groups in total. The van der Waals surface area contributed by atoms with Crippen LogP contribution in [0.15, 0.2) is 34.8 Å². The van der Waals surface area contributed by atoms with Crippen molar-refractivity contribution in [3.05, 3.63) is 40.9 Å². The van der Waals surface area contributed by atoms with Gasteiger partial charge in [0.05, 0.1) is 7.11 Å². The third-order valence-electron chi connectivity index (χ3n) is 4.43. The minimum absolute atomic E-state index is 0.00584. The predicted molar refractivity (Wildman–Crippen MR) is 138 cm³/mol. The standard InChI is InChI=1S/C25H33N3O8S/c1-24(2,3)12-18(21(31)34-13-15-8-10-16(33-7)11-9-15)36-28-19(20(29)30)17-14-37-22(26-17)27-23(32)35-25(4,5)6/h8-11,14,18H,12-13H2,1-7H3,(H,29,30)(H,26,27,32)/b28-19-/t18-/m0/s1. The first-order valence-corrected chi connectivity index (χ1v) is 12.3. The Morgan fingerprint density at radius 1 is 1.11 bits per heavy atom. The molecule has 202 valence electrons. The zero-order valence-corrected chi connectivity index (χ0v) is 22.8. The summed E-state index contributed by atoms with van der Waals surface area (Å²) >= 11 is 0.985. The number of carboxylic acids is 1. The number of hydrogen-bond acceptors (Lipinski definition) is 10. The van der Waals surface area contributed by atoms with Gasteiger partial charge in [-0.15, -0.1) is 11.3 Å². The minimum atomic E-state index is -1.42. The van der Waals surface area contributed by atoms with E-state index in [-0.39, 0.29) is 29.3 Å². The molecule has 2 aromatic rings. The summed E-state index contributed by atoms with van der Waals surface area (Å²) in [6, 6.07) is 7.01. The lowest BCUT2D eigenvalue weighted by atomic mass is 9.89. The van der Waals surface area contributed by atoms with Crippen LogP contribution in [0.4, 0.5) is 9.93 Å². The maximum absolute atomic E-state index is 12.8. The summed E-state index contributed by atoms with van der Waals surface area (Å²) in [5.74, 6) is -1.44. The molecule has 11 nitrogen and oxygen atoms in total. The van der Waals surface area contributed by atoms with E-state index >= 15 is 0 Å². The number of aromatic nitrogens is 1. The normalized spacial score (nSPS) is 12.9. The Morgan fingerprint density at radius 3 is 2.30 bits per heavy atom. The summed E-state index contributed by atoms with van der Waals surface area (Å²) in [6.07, 6.45) is -1.68. The lowest BCUT2D eigenvalue weighted by molar-refractivity contribution is -0.161. The number of hydrogen-bond donors (Lipinski definition) is 2. The summed E-state index contributed by atoms with van der Waals surface area (Å²) in [5, 5.41) is 17.3. The number of rotatable bonds is 10. The quantitative estimate of drug-likeness (QED) is 0.247. The van der Waals surface area contributed by atoms with Crippen LogP contribution in [-0.4, -0.2) is 52.6 Å². The van der Waals surface area contributed by atoms with Gasteiger partial charge in [0.15, 0.2) is 5.13 Å². The average Bonchev–Trinajstić information content (AvgIpc) is 3.22. The maximum Gasteiger partial charge on any atom is 0.413 e. The van der Waals surface area contributed by atoms with Crippen LogP contribution in [0.5, 0.6) is 5.75 Å². The first kappa shape index (κ1) is 29.6. The number of carbonyl (C=O) groups is 3. The Kier molecular flexibility index (Phi) is 10.0. The SMILES string of the molecule is COc1ccc(COC(=O)[C@H](CC(C)(C)C)O/N=C(\C(=O)O)c2csc(NC(=O)OC(C)(C)C)n2)cc1. The molecule has 1 aromatic heterocycles. The number of nitrogens with zero attached hydrogens (tertiary/aromatic N) is 2. The number of thiazole rings is 1. The average molecular weight is 536 g/mol. The fraction of sp³-hybridized carbons (Fsp3) is 0.480. The van der Waals surface area contributed by atoms with Crippen LogP contribution in [0.25, 0.3) is 0 Å². The third kappa shape index (κ3) is 10.5. The summed E-state index contributed by atoms with van der Waals surface area (Å²) in [6.45, 7) is 10.8. The monoisotopic (exact) mass is 535 g/mol. The second-order valence-electron chi connectivity index (χ2n) is 10.2. The molecule has 0 aliphatic rings. The van der Waals surface area contributed by atoms with Crippen molar-refractivity contribution in [2.45, 2.75) is 66.3 Å². The molecule has 37 heavy (non-hydrogen) atoms. The molecule has 0 fully saturated rings. The van der Waals surface area contributed by atoms with Gasteiger partial charge >= 0.3 is 18.0 Å². The van der Waals surface area contributed by atoms with E-state index < -0.39 is 35.4 Å². The molecule has 0 saturated heterocycles. The molecule has 1 heterocycles. The third-order valence-corrected chi connectivity index (χ3v) is 5.19. The second kappa shape index (κ2) is 12.5. The number of anilines is 1. The second-order valence-corrected chi connectivity index (χ2v) is 11.1. The number of carbonyl (C=O) groups excluding carboxylic acids is 2. The molecule has 0 unspecified atom stereocenters. The Labute approximate surface area is 219 Å². The number of benzene rings is 1. The van der Waals surface area contributed by atoms with Gasteiger partial charge in [0.25, 0.3) is 0 Å². The minimum Gasteiger partial charge on any atom is -0.497 e. The summed E-state index contributed by atoms with van der Waals surface area (Å²) in [7, 11) is 1.55. The van der Waals surface area contributed by atoms with Crippen LogP contribution in [0.2, 0.25) is 0 Å². The number of esters is 1. The fourth-order valence-corrected chi connectivity index (χ4v) is 3.51. The van der Waals surface area contributed by atoms with Crippen LogP contribution >= 0.6 is 11.3 Å². The van der Waals surface area contributed by atoms with Gasteiger partial charge in [-0.25, -0.2) is 19.4 Å². The molecule has 0 spiro atoms. The topological polar surface area (TPSA) is 146 Å². The van der Waals surface area contributed by atoms with Crippen molar-refractivity contribution in [1.82, 2.24) is 4.98 Å². The lowest BCUT2D eigenvalue weighted by Crippen LogP contribution is -2.30. The van der Waals surface area contributed by atoms with Gasteiger partial charge in [0.2, 0.25) is 11.8 Å². The van der Waals surface area contributed by atoms with Crippen molar-refractivity contribution in [2.24, 2.45) is 10.6 Å². The smallest absolute Gasteiger partial charge is 0.413 e. The molecule has 0 aliphatic heterocycles. The van der Waals surface area contributed by atoms with Gasteiger partial charge in [0, 0.05) is 11.8 Å². The predicted octanol–water partition coefficient (Wildman–Crippen LogP) is 4.85. The van der Waals surface area contributed by atoms with E-state index in [2.05, 4.69) is 15.5 Å². The molecular weight excluding hydrogens is 502 g/mol. The Bertz CT molecular complexity index is 1110. The van der Waals surface area contributed by atoms with Gasteiger partial charge in [0.1, 0.15) is 23.7 Å². The largest absolute Gasteiger partial charge is 0.497 e. The molecule has 2 rings (SSSR count). The van der Waals surface area contributed by atoms with Crippen LogP contribution in [0.1, 0.15) is 59.2 Å². The number of oxime groups is 1. The molecule has 1 aromatic carbocycles. The maximum atomic E-state index is 12.8. The van der Waals surface area contributed by atoms with Crippen LogP contribution in [0.3, 0.4) is 0 Å². The Balaban J connectivity index is 2.15. The van der Waals surface area contributed by atoms with E-state index in [4.69, 9.17) is 19.0 Å². The Hall–Kier alpha value is -3.67. The highest BCUT2D eigenvalue weighted by Gasteiger charge is 2.30. The van der Waals surface area contributed by atoms with Crippen molar-refractivity contribution in [1.29, 1.82) is 0 Å². The van der Waals surface area contributed by atoms with Gasteiger partial charge in [-0.1, -0.05) is 38.1 Å². The number of ether oxygens (including phenoxy) is 3. The van der Waals surface area contributed by atoms with Crippen LogP contribution < -0.4 is 10.1 Å². The zero-order valence-electron chi connectivity index (χ0n) is 22.0. The molecule has 0 bridgehead atoms. The molecule has 0 radical (unpaired) electrons. The van der Waals surface area contributed by atoms with Crippen molar-refractivity contribution in [3.8, 4) is 5.75 Å².